The second-order valence-electron chi connectivity index (χ2n) is 3.48. The number of rotatable bonds is 1. The number of carbonyl (C=O) groups is 1. The zero-order chi connectivity index (χ0) is 10.0. The number of nitrogens with zero attached hydrogens (tertiary/aromatic N) is 2. The summed E-state index contributed by atoms with van der Waals surface area (Å²) in [6.07, 6.45) is 0. The Morgan fingerprint density at radius 3 is 2.31 bits per heavy atom. The fourth-order valence-electron chi connectivity index (χ4n) is 1.83. The highest BCUT2D eigenvalue weighted by molar-refractivity contribution is 14.1. The van der Waals surface area contributed by atoms with Crippen molar-refractivity contribution in [2.24, 2.45) is 0 Å². The van der Waals surface area contributed by atoms with E-state index in [2.05, 4.69) is 26.0 Å². The van der Waals surface area contributed by atoms with Crippen molar-refractivity contribution in [1.29, 1.82) is 0 Å². The third kappa shape index (κ3) is 2.54. The van der Waals surface area contributed by atoms with Crippen LogP contribution in [0.3, 0.4) is 0 Å². The molecule has 0 radical (unpaired) electrons. The van der Waals surface area contributed by atoms with E-state index in [4.69, 9.17) is 5.11 Å². The van der Waals surface area contributed by atoms with Crippen molar-refractivity contribution in [2.75, 3.05) is 19.7 Å². The van der Waals surface area contributed by atoms with Crippen molar-refractivity contribution in [3.05, 3.63) is 0 Å². The summed E-state index contributed by atoms with van der Waals surface area (Å²) in [6, 6.07) is 0.389. The summed E-state index contributed by atoms with van der Waals surface area (Å²) in [6.45, 7) is 5.38. The third-order valence-electron chi connectivity index (χ3n) is 2.30. The molecule has 4 nitrogen and oxygen atoms in total. The van der Waals surface area contributed by atoms with Gasteiger partial charge in [-0.15, -0.1) is 0 Å². The van der Waals surface area contributed by atoms with Crippen molar-refractivity contribution in [1.82, 2.24) is 8.01 Å². The standard InChI is InChI=1S/C8H15IN2O2/c1-6-3-10(9)4-7(2)11(6)8(13)5-12/h6-7,12H,3-5H2,1-2H3/t6-,7+. The van der Waals surface area contributed by atoms with E-state index in [9.17, 15) is 4.79 Å². The number of hydrogen-bond acceptors (Lipinski definition) is 3. The first-order valence-corrected chi connectivity index (χ1v) is 5.35. The van der Waals surface area contributed by atoms with Crippen molar-refractivity contribution in [3.8, 4) is 0 Å². The van der Waals surface area contributed by atoms with Crippen LogP contribution >= 0.6 is 22.9 Å². The molecule has 1 aliphatic heterocycles. The molecule has 0 aliphatic carbocycles. The molecule has 1 saturated heterocycles. The summed E-state index contributed by atoms with van der Waals surface area (Å²) < 4.78 is 2.17. The van der Waals surface area contributed by atoms with E-state index in [0.29, 0.717) is 0 Å². The lowest BCUT2D eigenvalue weighted by atomic mass is 10.1. The van der Waals surface area contributed by atoms with E-state index in [1.165, 1.54) is 0 Å². The predicted molar refractivity (Wildman–Crippen MR) is 58.4 cm³/mol. The molecule has 1 amide bonds. The van der Waals surface area contributed by atoms with Gasteiger partial charge < -0.3 is 10.0 Å². The van der Waals surface area contributed by atoms with Crippen LogP contribution in [0.1, 0.15) is 13.8 Å². The highest BCUT2D eigenvalue weighted by Gasteiger charge is 2.31. The summed E-state index contributed by atoms with van der Waals surface area (Å²) in [5.41, 5.74) is 0. The van der Waals surface area contributed by atoms with Crippen molar-refractivity contribution in [3.63, 3.8) is 0 Å². The van der Waals surface area contributed by atoms with Gasteiger partial charge in [-0.1, -0.05) is 0 Å². The Morgan fingerprint density at radius 2 is 1.92 bits per heavy atom. The highest BCUT2D eigenvalue weighted by Crippen LogP contribution is 2.18. The molecule has 1 aliphatic rings. The summed E-state index contributed by atoms with van der Waals surface area (Å²) in [7, 11) is 0. The normalized spacial score (nSPS) is 30.6. The molecule has 5 heteroatoms. The summed E-state index contributed by atoms with van der Waals surface area (Å²) in [4.78, 5) is 13.1. The van der Waals surface area contributed by atoms with Gasteiger partial charge in [-0.05, 0) is 13.8 Å². The number of aliphatic hydroxyl groups excluding tert-OH is 1. The van der Waals surface area contributed by atoms with Crippen LogP contribution in [0.25, 0.3) is 0 Å². The van der Waals surface area contributed by atoms with E-state index in [0.717, 1.165) is 13.1 Å². The Labute approximate surface area is 92.4 Å². The molecule has 0 aromatic rings. The molecule has 1 fully saturated rings. The SMILES string of the molecule is C[C@@H]1CN(I)C[C@H](C)N1C(=O)CO. The minimum atomic E-state index is -0.379. The lowest BCUT2D eigenvalue weighted by molar-refractivity contribution is -0.140. The van der Waals surface area contributed by atoms with Crippen molar-refractivity contribution < 1.29 is 9.90 Å². The molecular formula is C8H15IN2O2. The average molecular weight is 298 g/mol. The maximum Gasteiger partial charge on any atom is 0.248 e. The van der Waals surface area contributed by atoms with Crippen LogP contribution in [0.2, 0.25) is 0 Å². The molecular weight excluding hydrogens is 283 g/mol. The van der Waals surface area contributed by atoms with E-state index < -0.39 is 0 Å². The lowest BCUT2D eigenvalue weighted by Gasteiger charge is -2.41. The second kappa shape index (κ2) is 4.56. The van der Waals surface area contributed by atoms with Crippen LogP contribution in [0.4, 0.5) is 0 Å². The molecule has 0 spiro atoms. The highest BCUT2D eigenvalue weighted by atomic mass is 127. The van der Waals surface area contributed by atoms with Crippen molar-refractivity contribution >= 4 is 28.8 Å². The molecule has 0 unspecified atom stereocenters. The molecule has 1 rings (SSSR count). The Hall–Kier alpha value is 0.120. The van der Waals surface area contributed by atoms with Gasteiger partial charge in [0.1, 0.15) is 6.61 Å². The van der Waals surface area contributed by atoms with Gasteiger partial charge in [-0.2, -0.15) is 0 Å². The molecule has 1 N–H and O–H groups in total. The quantitative estimate of drug-likeness (QED) is 0.557. The fourth-order valence-corrected chi connectivity index (χ4v) is 2.97. The van der Waals surface area contributed by atoms with Gasteiger partial charge in [0.15, 0.2) is 0 Å². The van der Waals surface area contributed by atoms with E-state index in [-0.39, 0.29) is 24.6 Å². The molecule has 0 bridgehead atoms. The zero-order valence-corrected chi connectivity index (χ0v) is 10.1. The van der Waals surface area contributed by atoms with E-state index in [1.807, 2.05) is 13.8 Å². The van der Waals surface area contributed by atoms with Gasteiger partial charge in [0.25, 0.3) is 0 Å². The largest absolute Gasteiger partial charge is 0.387 e. The van der Waals surface area contributed by atoms with Gasteiger partial charge in [-0.3, -0.25) is 4.79 Å². The number of piperazine rings is 1. The first-order chi connectivity index (χ1) is 6.06. The molecule has 0 saturated carbocycles. The van der Waals surface area contributed by atoms with Crippen LogP contribution in [0.15, 0.2) is 0 Å². The van der Waals surface area contributed by atoms with Crippen LogP contribution in [0, 0.1) is 0 Å². The fraction of sp³-hybridized carbons (Fsp3) is 0.875. The van der Waals surface area contributed by atoms with Crippen molar-refractivity contribution in [2.45, 2.75) is 25.9 Å². The van der Waals surface area contributed by atoms with Gasteiger partial charge in [0.05, 0.1) is 0 Å². The van der Waals surface area contributed by atoms with Crippen LogP contribution in [-0.4, -0.2) is 50.8 Å². The number of hydrogen-bond donors (Lipinski definition) is 1. The Balaban J connectivity index is 2.66. The number of halogens is 1. The first-order valence-electron chi connectivity index (χ1n) is 4.39. The lowest BCUT2D eigenvalue weighted by Crippen LogP contribution is -2.56. The second-order valence-corrected chi connectivity index (χ2v) is 4.85. The third-order valence-corrected chi connectivity index (χ3v) is 3.09. The van der Waals surface area contributed by atoms with Gasteiger partial charge >= 0.3 is 0 Å². The molecule has 76 valence electrons. The Morgan fingerprint density at radius 1 is 1.46 bits per heavy atom. The summed E-state index contributed by atoms with van der Waals surface area (Å²) >= 11 is 2.27. The Bertz CT molecular complexity index is 189. The number of amides is 1. The molecule has 1 heterocycles. The average Bonchev–Trinajstić information content (AvgIpc) is 2.02. The zero-order valence-electron chi connectivity index (χ0n) is 7.90. The maximum atomic E-state index is 11.3. The summed E-state index contributed by atoms with van der Waals surface area (Å²) in [5, 5.41) is 8.78. The minimum absolute atomic E-state index is 0.162. The number of carbonyl (C=O) groups excluding carboxylic acids is 1. The van der Waals surface area contributed by atoms with Gasteiger partial charge in [0.2, 0.25) is 5.91 Å². The van der Waals surface area contributed by atoms with E-state index in [1.54, 1.807) is 4.90 Å². The number of aliphatic hydroxyl groups is 1. The molecule has 13 heavy (non-hydrogen) atoms. The molecule has 0 aromatic heterocycles. The minimum Gasteiger partial charge on any atom is -0.387 e. The van der Waals surface area contributed by atoms with Crippen LogP contribution in [0.5, 0.6) is 0 Å². The molecule has 0 aromatic carbocycles. The predicted octanol–water partition coefficient (Wildman–Crippen LogP) is 0.250. The van der Waals surface area contributed by atoms with Crippen LogP contribution < -0.4 is 0 Å². The topological polar surface area (TPSA) is 43.8 Å². The molecule has 2 atom stereocenters. The first kappa shape index (κ1) is 11.2. The summed E-state index contributed by atoms with van der Waals surface area (Å²) in [5.74, 6) is -0.162. The van der Waals surface area contributed by atoms with E-state index >= 15 is 0 Å². The van der Waals surface area contributed by atoms with Crippen LogP contribution in [-0.2, 0) is 4.79 Å². The Kier molecular flexibility index (Phi) is 3.93. The smallest absolute Gasteiger partial charge is 0.248 e. The van der Waals surface area contributed by atoms with Gasteiger partial charge in [-0.25, -0.2) is 3.11 Å². The van der Waals surface area contributed by atoms with Gasteiger partial charge in [0, 0.05) is 48.0 Å². The monoisotopic (exact) mass is 298 g/mol. The maximum absolute atomic E-state index is 11.3.